The van der Waals surface area contributed by atoms with E-state index >= 15 is 0 Å². The molecule has 0 unspecified atom stereocenters. The third kappa shape index (κ3) is 2.86. The van der Waals surface area contributed by atoms with Crippen LogP contribution in [0.1, 0.15) is 57.6 Å². The number of aromatic amines is 2. The fraction of sp³-hybridized carbons (Fsp3) is 0.600. The largest absolute Gasteiger partial charge is 0.307 e. The Hall–Kier alpha value is -1.78. The molecule has 0 bridgehead atoms. The van der Waals surface area contributed by atoms with Gasteiger partial charge in [-0.15, -0.1) is 0 Å². The van der Waals surface area contributed by atoms with Crippen LogP contribution in [0.2, 0.25) is 0 Å². The first-order chi connectivity index (χ1) is 9.54. The molecule has 110 valence electrons. The average Bonchev–Trinajstić information content (AvgIpc) is 2.71. The van der Waals surface area contributed by atoms with Crippen LogP contribution in [-0.2, 0) is 0 Å². The summed E-state index contributed by atoms with van der Waals surface area (Å²) in [5.74, 6) is 0. The molecule has 0 fully saturated rings. The van der Waals surface area contributed by atoms with Crippen molar-refractivity contribution in [1.82, 2.24) is 14.8 Å². The van der Waals surface area contributed by atoms with Crippen molar-refractivity contribution in [3.05, 3.63) is 32.3 Å². The molecule has 2 heterocycles. The fourth-order valence-electron chi connectivity index (χ4n) is 2.69. The molecule has 0 aliphatic carbocycles. The maximum atomic E-state index is 12.0. The zero-order chi connectivity index (χ0) is 14.7. The molecule has 0 aliphatic rings. The Balaban J connectivity index is 2.30. The van der Waals surface area contributed by atoms with E-state index in [1.165, 1.54) is 25.3 Å². The topological polar surface area (TPSA) is 70.7 Å². The van der Waals surface area contributed by atoms with Crippen LogP contribution < -0.4 is 11.1 Å². The lowest BCUT2D eigenvalue weighted by Gasteiger charge is -2.14. The molecule has 0 amide bonds. The van der Waals surface area contributed by atoms with Crippen molar-refractivity contribution in [2.75, 3.05) is 0 Å². The number of hydrogen-bond acceptors (Lipinski definition) is 2. The molecule has 5 nitrogen and oxygen atoms in total. The van der Waals surface area contributed by atoms with Crippen LogP contribution in [-0.4, -0.2) is 14.8 Å². The Labute approximate surface area is 118 Å². The third-order valence-electron chi connectivity index (χ3n) is 3.83. The second-order valence-electron chi connectivity index (χ2n) is 5.55. The summed E-state index contributed by atoms with van der Waals surface area (Å²) < 4.78 is 1.80. The monoisotopic (exact) mass is 277 g/mol. The van der Waals surface area contributed by atoms with E-state index in [0.717, 1.165) is 18.4 Å². The molecule has 0 saturated heterocycles. The highest BCUT2D eigenvalue weighted by atomic mass is 16.1. The van der Waals surface area contributed by atoms with Crippen molar-refractivity contribution in [1.29, 1.82) is 0 Å². The molecular formula is C15H23N3O2. The molecule has 0 aromatic carbocycles. The lowest BCUT2D eigenvalue weighted by Crippen LogP contribution is -2.12. The van der Waals surface area contributed by atoms with E-state index in [1.807, 2.05) is 0 Å². The van der Waals surface area contributed by atoms with Crippen molar-refractivity contribution in [2.45, 2.75) is 58.9 Å². The van der Waals surface area contributed by atoms with Crippen LogP contribution in [0.3, 0.4) is 0 Å². The van der Waals surface area contributed by atoms with Gasteiger partial charge in [-0.2, -0.15) is 0 Å². The minimum absolute atomic E-state index is 0.130. The van der Waals surface area contributed by atoms with Gasteiger partial charge in [-0.3, -0.25) is 19.4 Å². The normalized spacial score (nSPS) is 12.9. The molecule has 0 aliphatic heterocycles. The number of pyridine rings is 1. The lowest BCUT2D eigenvalue weighted by molar-refractivity contribution is 0.442. The van der Waals surface area contributed by atoms with Crippen LogP contribution in [0, 0.1) is 6.92 Å². The standard InChI is InChI=1S/C15H23N3O2/c1-4-5-6-7-8-11(3)18-14-13(15(20)17-18)10(2)9-12(19)16-14/h9,11H,4-8H2,1-3H3,(H,16,19)(H,17,20)/t11-/m1/s1. The number of unbranched alkanes of at least 4 members (excludes halogenated alkanes) is 3. The maximum Gasteiger partial charge on any atom is 0.273 e. The van der Waals surface area contributed by atoms with E-state index in [1.54, 1.807) is 11.6 Å². The Bertz CT molecular complexity index is 693. The van der Waals surface area contributed by atoms with Gasteiger partial charge in [0, 0.05) is 12.1 Å². The summed E-state index contributed by atoms with van der Waals surface area (Å²) in [5, 5.41) is 3.44. The summed E-state index contributed by atoms with van der Waals surface area (Å²) in [6.45, 7) is 6.05. The highest BCUT2D eigenvalue weighted by Crippen LogP contribution is 2.19. The van der Waals surface area contributed by atoms with Crippen LogP contribution in [0.25, 0.3) is 11.0 Å². The van der Waals surface area contributed by atoms with Crippen LogP contribution in [0.15, 0.2) is 15.7 Å². The van der Waals surface area contributed by atoms with E-state index < -0.39 is 0 Å². The zero-order valence-electron chi connectivity index (χ0n) is 12.5. The van der Waals surface area contributed by atoms with Gasteiger partial charge < -0.3 is 4.98 Å². The highest BCUT2D eigenvalue weighted by molar-refractivity contribution is 5.77. The predicted molar refractivity (Wildman–Crippen MR) is 81.4 cm³/mol. The first kappa shape index (κ1) is 14.6. The van der Waals surface area contributed by atoms with Crippen molar-refractivity contribution < 1.29 is 0 Å². The lowest BCUT2D eigenvalue weighted by atomic mass is 10.1. The Morgan fingerprint density at radius 3 is 2.70 bits per heavy atom. The number of fused-ring (bicyclic) bond motifs is 1. The Morgan fingerprint density at radius 2 is 2.00 bits per heavy atom. The molecule has 0 spiro atoms. The van der Waals surface area contributed by atoms with Crippen LogP contribution >= 0.6 is 0 Å². The minimum atomic E-state index is -0.166. The molecular weight excluding hydrogens is 254 g/mol. The second-order valence-corrected chi connectivity index (χ2v) is 5.55. The number of hydrogen-bond donors (Lipinski definition) is 2. The van der Waals surface area contributed by atoms with Gasteiger partial charge >= 0.3 is 0 Å². The molecule has 0 saturated carbocycles. The van der Waals surface area contributed by atoms with Crippen LogP contribution in [0.4, 0.5) is 0 Å². The van der Waals surface area contributed by atoms with Gasteiger partial charge in [0.2, 0.25) is 5.56 Å². The summed E-state index contributed by atoms with van der Waals surface area (Å²) in [5.41, 5.74) is 1.04. The van der Waals surface area contributed by atoms with Crippen LogP contribution in [0.5, 0.6) is 0 Å². The van der Waals surface area contributed by atoms with E-state index in [0.29, 0.717) is 11.0 Å². The first-order valence-corrected chi connectivity index (χ1v) is 7.38. The number of aryl methyl sites for hydroxylation is 1. The smallest absolute Gasteiger partial charge is 0.273 e. The summed E-state index contributed by atoms with van der Waals surface area (Å²) in [7, 11) is 0. The van der Waals surface area contributed by atoms with E-state index in [2.05, 4.69) is 23.9 Å². The molecule has 0 radical (unpaired) electrons. The molecule has 5 heteroatoms. The Morgan fingerprint density at radius 1 is 1.25 bits per heavy atom. The number of rotatable bonds is 6. The van der Waals surface area contributed by atoms with Crippen molar-refractivity contribution >= 4 is 11.0 Å². The van der Waals surface area contributed by atoms with Gasteiger partial charge in [-0.25, -0.2) is 0 Å². The molecule has 2 aromatic heterocycles. The molecule has 20 heavy (non-hydrogen) atoms. The average molecular weight is 277 g/mol. The van der Waals surface area contributed by atoms with Gasteiger partial charge in [0.25, 0.3) is 5.56 Å². The van der Waals surface area contributed by atoms with Gasteiger partial charge in [0.15, 0.2) is 0 Å². The molecule has 2 aromatic rings. The van der Waals surface area contributed by atoms with E-state index in [-0.39, 0.29) is 17.2 Å². The third-order valence-corrected chi connectivity index (χ3v) is 3.83. The summed E-state index contributed by atoms with van der Waals surface area (Å²) >= 11 is 0. The summed E-state index contributed by atoms with van der Waals surface area (Å²) in [4.78, 5) is 26.4. The zero-order valence-corrected chi connectivity index (χ0v) is 12.5. The molecule has 2 rings (SSSR count). The quantitative estimate of drug-likeness (QED) is 0.797. The van der Waals surface area contributed by atoms with Crippen molar-refractivity contribution in [2.24, 2.45) is 0 Å². The van der Waals surface area contributed by atoms with Gasteiger partial charge in [0.1, 0.15) is 5.65 Å². The second kappa shape index (κ2) is 6.11. The predicted octanol–water partition coefficient (Wildman–Crippen LogP) is 2.86. The minimum Gasteiger partial charge on any atom is -0.307 e. The number of H-pyrrole nitrogens is 2. The first-order valence-electron chi connectivity index (χ1n) is 7.38. The Kier molecular flexibility index (Phi) is 4.47. The number of nitrogens with zero attached hydrogens (tertiary/aromatic N) is 1. The summed E-state index contributed by atoms with van der Waals surface area (Å²) in [6, 6.07) is 1.64. The molecule has 2 N–H and O–H groups in total. The van der Waals surface area contributed by atoms with Crippen molar-refractivity contribution in [3.63, 3.8) is 0 Å². The number of nitrogens with one attached hydrogen (secondary N) is 2. The maximum absolute atomic E-state index is 12.0. The van der Waals surface area contributed by atoms with E-state index in [4.69, 9.17) is 0 Å². The van der Waals surface area contributed by atoms with Gasteiger partial charge in [-0.05, 0) is 25.8 Å². The van der Waals surface area contributed by atoms with E-state index in [9.17, 15) is 9.59 Å². The fourth-order valence-corrected chi connectivity index (χ4v) is 2.69. The highest BCUT2D eigenvalue weighted by Gasteiger charge is 2.14. The molecule has 1 atom stereocenters. The van der Waals surface area contributed by atoms with Crippen molar-refractivity contribution in [3.8, 4) is 0 Å². The van der Waals surface area contributed by atoms with Gasteiger partial charge in [-0.1, -0.05) is 32.6 Å². The summed E-state index contributed by atoms with van der Waals surface area (Å²) in [6.07, 6.45) is 5.79. The SMILES string of the molecule is CCCCCC[C@@H](C)n1[nH]c(=O)c2c(C)cc(=O)[nH]c21. The number of aromatic nitrogens is 3. The van der Waals surface area contributed by atoms with Gasteiger partial charge in [0.05, 0.1) is 5.39 Å².